The average molecular weight is 202 g/mol. The number of ether oxygens (including phenoxy) is 1. The fourth-order valence-electron chi connectivity index (χ4n) is 1.85. The quantitative estimate of drug-likeness (QED) is 0.656. The van der Waals surface area contributed by atoms with Crippen LogP contribution in [0, 0.1) is 0 Å². The van der Waals surface area contributed by atoms with Gasteiger partial charge in [0.2, 0.25) is 0 Å². The van der Waals surface area contributed by atoms with Crippen LogP contribution in [0.25, 0.3) is 0 Å². The molecule has 1 heterocycles. The molecule has 1 aliphatic rings. The van der Waals surface area contributed by atoms with Crippen LogP contribution >= 0.6 is 0 Å². The number of hydrogen-bond donors (Lipinski definition) is 2. The standard InChI is InChI=1S/C10H22N2O2/c1-9-3-4-11-10(8-13)7-12(9)5-6-14-2/h9-11,13H,3-8H2,1-2H3. The molecule has 0 aromatic carbocycles. The van der Waals surface area contributed by atoms with E-state index in [0.717, 1.165) is 32.7 Å². The van der Waals surface area contributed by atoms with Crippen molar-refractivity contribution in [1.82, 2.24) is 10.2 Å². The molecule has 2 unspecified atom stereocenters. The first-order chi connectivity index (χ1) is 6.77. The molecule has 2 N–H and O–H groups in total. The highest BCUT2D eigenvalue weighted by molar-refractivity contribution is 4.80. The Hall–Kier alpha value is -0.160. The molecule has 1 fully saturated rings. The van der Waals surface area contributed by atoms with E-state index in [9.17, 15) is 0 Å². The average Bonchev–Trinajstić information content (AvgIpc) is 2.37. The lowest BCUT2D eigenvalue weighted by atomic mass is 10.2. The van der Waals surface area contributed by atoms with Crippen LogP contribution in [0.1, 0.15) is 13.3 Å². The first kappa shape index (κ1) is 11.9. The highest BCUT2D eigenvalue weighted by Crippen LogP contribution is 2.08. The molecule has 0 amide bonds. The summed E-state index contributed by atoms with van der Waals surface area (Å²) in [7, 11) is 1.73. The largest absolute Gasteiger partial charge is 0.395 e. The number of nitrogens with zero attached hydrogens (tertiary/aromatic N) is 1. The van der Waals surface area contributed by atoms with Crippen LogP contribution in [0.2, 0.25) is 0 Å². The van der Waals surface area contributed by atoms with E-state index in [1.165, 1.54) is 0 Å². The van der Waals surface area contributed by atoms with Crippen LogP contribution in [0.3, 0.4) is 0 Å². The van der Waals surface area contributed by atoms with Gasteiger partial charge in [0.25, 0.3) is 0 Å². The topological polar surface area (TPSA) is 44.7 Å². The molecule has 84 valence electrons. The van der Waals surface area contributed by atoms with Crippen molar-refractivity contribution in [3.8, 4) is 0 Å². The van der Waals surface area contributed by atoms with E-state index in [-0.39, 0.29) is 12.6 Å². The Balaban J connectivity index is 2.41. The van der Waals surface area contributed by atoms with Crippen molar-refractivity contribution < 1.29 is 9.84 Å². The van der Waals surface area contributed by atoms with Gasteiger partial charge in [-0.2, -0.15) is 0 Å². The molecule has 4 nitrogen and oxygen atoms in total. The number of hydrogen-bond acceptors (Lipinski definition) is 4. The van der Waals surface area contributed by atoms with Gasteiger partial charge >= 0.3 is 0 Å². The predicted molar refractivity (Wildman–Crippen MR) is 56.4 cm³/mol. The highest BCUT2D eigenvalue weighted by atomic mass is 16.5. The summed E-state index contributed by atoms with van der Waals surface area (Å²) < 4.78 is 5.08. The summed E-state index contributed by atoms with van der Waals surface area (Å²) >= 11 is 0. The van der Waals surface area contributed by atoms with Gasteiger partial charge in [0, 0.05) is 32.3 Å². The Labute approximate surface area is 86.2 Å². The number of rotatable bonds is 4. The molecular weight excluding hydrogens is 180 g/mol. The van der Waals surface area contributed by atoms with Gasteiger partial charge < -0.3 is 15.2 Å². The van der Waals surface area contributed by atoms with Crippen molar-refractivity contribution in [2.45, 2.75) is 25.4 Å². The molecule has 1 rings (SSSR count). The third-order valence-electron chi connectivity index (χ3n) is 2.88. The van der Waals surface area contributed by atoms with E-state index in [4.69, 9.17) is 9.84 Å². The Morgan fingerprint density at radius 2 is 2.36 bits per heavy atom. The molecule has 0 aliphatic carbocycles. The molecule has 0 aromatic rings. The normalized spacial score (nSPS) is 30.2. The molecular formula is C10H22N2O2. The van der Waals surface area contributed by atoms with E-state index in [1.54, 1.807) is 7.11 Å². The van der Waals surface area contributed by atoms with Gasteiger partial charge in [-0.15, -0.1) is 0 Å². The molecule has 0 saturated carbocycles. The first-order valence-electron chi connectivity index (χ1n) is 5.35. The molecule has 0 aromatic heterocycles. The maximum absolute atomic E-state index is 9.13. The summed E-state index contributed by atoms with van der Waals surface area (Å²) in [6, 6.07) is 0.797. The highest BCUT2D eigenvalue weighted by Gasteiger charge is 2.21. The van der Waals surface area contributed by atoms with Gasteiger partial charge in [0.15, 0.2) is 0 Å². The maximum atomic E-state index is 9.13. The van der Waals surface area contributed by atoms with E-state index < -0.39 is 0 Å². The lowest BCUT2D eigenvalue weighted by Gasteiger charge is -2.28. The van der Waals surface area contributed by atoms with Gasteiger partial charge in [0.05, 0.1) is 13.2 Å². The number of aliphatic hydroxyl groups excluding tert-OH is 1. The predicted octanol–water partition coefficient (Wildman–Crippen LogP) is -0.322. The minimum Gasteiger partial charge on any atom is -0.395 e. The van der Waals surface area contributed by atoms with Crippen LogP contribution in [0.15, 0.2) is 0 Å². The van der Waals surface area contributed by atoms with Crippen molar-refractivity contribution >= 4 is 0 Å². The summed E-state index contributed by atoms with van der Waals surface area (Å²) in [5.41, 5.74) is 0. The fourth-order valence-corrected chi connectivity index (χ4v) is 1.85. The maximum Gasteiger partial charge on any atom is 0.0597 e. The monoisotopic (exact) mass is 202 g/mol. The summed E-state index contributed by atoms with van der Waals surface area (Å²) in [5, 5.41) is 12.5. The molecule has 14 heavy (non-hydrogen) atoms. The molecule has 1 aliphatic heterocycles. The Morgan fingerprint density at radius 1 is 1.57 bits per heavy atom. The number of nitrogens with one attached hydrogen (secondary N) is 1. The van der Waals surface area contributed by atoms with E-state index in [1.807, 2.05) is 0 Å². The lowest BCUT2D eigenvalue weighted by Crippen LogP contribution is -2.43. The first-order valence-corrected chi connectivity index (χ1v) is 5.35. The summed E-state index contributed by atoms with van der Waals surface area (Å²) in [6.07, 6.45) is 1.14. The smallest absolute Gasteiger partial charge is 0.0597 e. The molecule has 0 radical (unpaired) electrons. The number of methoxy groups -OCH3 is 1. The van der Waals surface area contributed by atoms with Crippen molar-refractivity contribution in [3.63, 3.8) is 0 Å². The van der Waals surface area contributed by atoms with Gasteiger partial charge in [-0.3, -0.25) is 4.90 Å². The van der Waals surface area contributed by atoms with E-state index in [2.05, 4.69) is 17.1 Å². The van der Waals surface area contributed by atoms with Gasteiger partial charge in [-0.25, -0.2) is 0 Å². The molecule has 4 heteroatoms. The second kappa shape index (κ2) is 6.35. The van der Waals surface area contributed by atoms with Crippen molar-refractivity contribution in [3.05, 3.63) is 0 Å². The van der Waals surface area contributed by atoms with Crippen LogP contribution in [0.5, 0.6) is 0 Å². The summed E-state index contributed by atoms with van der Waals surface area (Å²) in [5.74, 6) is 0. The molecule has 2 atom stereocenters. The van der Waals surface area contributed by atoms with Crippen LogP contribution < -0.4 is 5.32 Å². The Morgan fingerprint density at radius 3 is 3.00 bits per heavy atom. The molecule has 1 saturated heterocycles. The van der Waals surface area contributed by atoms with Crippen molar-refractivity contribution in [2.75, 3.05) is 40.0 Å². The van der Waals surface area contributed by atoms with Crippen molar-refractivity contribution in [2.24, 2.45) is 0 Å². The van der Waals surface area contributed by atoms with E-state index >= 15 is 0 Å². The third kappa shape index (κ3) is 3.53. The zero-order valence-electron chi connectivity index (χ0n) is 9.20. The fraction of sp³-hybridized carbons (Fsp3) is 1.00. The van der Waals surface area contributed by atoms with Gasteiger partial charge in [0.1, 0.15) is 0 Å². The van der Waals surface area contributed by atoms with E-state index in [0.29, 0.717) is 6.04 Å². The van der Waals surface area contributed by atoms with Crippen molar-refractivity contribution in [1.29, 1.82) is 0 Å². The van der Waals surface area contributed by atoms with Gasteiger partial charge in [-0.05, 0) is 19.9 Å². The van der Waals surface area contributed by atoms with Gasteiger partial charge in [-0.1, -0.05) is 0 Å². The van der Waals surface area contributed by atoms with Crippen LogP contribution in [-0.2, 0) is 4.74 Å². The second-order valence-electron chi connectivity index (χ2n) is 3.96. The molecule has 0 spiro atoms. The van der Waals surface area contributed by atoms with Crippen LogP contribution in [0.4, 0.5) is 0 Å². The zero-order chi connectivity index (χ0) is 10.4. The third-order valence-corrected chi connectivity index (χ3v) is 2.88. The lowest BCUT2D eigenvalue weighted by molar-refractivity contribution is 0.115. The van der Waals surface area contributed by atoms with Crippen LogP contribution in [-0.4, -0.2) is 62.0 Å². The second-order valence-corrected chi connectivity index (χ2v) is 3.96. The SMILES string of the molecule is COCCN1CC(CO)NCCC1C. The zero-order valence-corrected chi connectivity index (χ0v) is 9.20. The summed E-state index contributed by atoms with van der Waals surface area (Å²) in [4.78, 5) is 2.38. The summed E-state index contributed by atoms with van der Waals surface area (Å²) in [6.45, 7) is 6.09. The minimum absolute atomic E-state index is 0.218. The minimum atomic E-state index is 0.218. The Bertz CT molecular complexity index is 155. The number of aliphatic hydroxyl groups is 1. The molecule has 0 bridgehead atoms. The Kier molecular flexibility index (Phi) is 5.40.